The molecule has 0 saturated carbocycles. The van der Waals surface area contributed by atoms with Gasteiger partial charge in [0, 0.05) is 6.04 Å². The zero-order valence-corrected chi connectivity index (χ0v) is 7.79. The first-order chi connectivity index (χ1) is 6.00. The molecule has 0 saturated heterocycles. The Morgan fingerprint density at radius 1 is 1.38 bits per heavy atom. The van der Waals surface area contributed by atoms with Gasteiger partial charge in [-0.2, -0.15) is 0 Å². The monoisotopic (exact) mass is 183 g/mol. The lowest BCUT2D eigenvalue weighted by molar-refractivity contribution is 0.153. The zero-order valence-electron chi connectivity index (χ0n) is 7.79. The van der Waals surface area contributed by atoms with E-state index in [9.17, 15) is 9.50 Å². The van der Waals surface area contributed by atoms with Gasteiger partial charge in [0.1, 0.15) is 5.82 Å². The number of benzene rings is 1. The highest BCUT2D eigenvalue weighted by Crippen LogP contribution is 2.18. The van der Waals surface area contributed by atoms with Crippen molar-refractivity contribution in [1.82, 2.24) is 0 Å². The molecular weight excluding hydrogens is 169 g/mol. The van der Waals surface area contributed by atoms with Gasteiger partial charge in [0.05, 0.1) is 6.10 Å². The number of halogens is 1. The van der Waals surface area contributed by atoms with Crippen LogP contribution in [0, 0.1) is 12.7 Å². The molecule has 0 aliphatic rings. The number of aliphatic hydroxyl groups is 1. The van der Waals surface area contributed by atoms with E-state index < -0.39 is 6.10 Å². The second kappa shape index (κ2) is 3.85. The highest BCUT2D eigenvalue weighted by molar-refractivity contribution is 5.25. The molecule has 1 aromatic carbocycles. The van der Waals surface area contributed by atoms with Crippen LogP contribution in [0.5, 0.6) is 0 Å². The smallest absolute Gasteiger partial charge is 0.123 e. The molecule has 13 heavy (non-hydrogen) atoms. The van der Waals surface area contributed by atoms with Crippen LogP contribution in [0.25, 0.3) is 0 Å². The van der Waals surface area contributed by atoms with Crippen LogP contribution in [0.2, 0.25) is 0 Å². The van der Waals surface area contributed by atoms with Crippen molar-refractivity contribution in [3.05, 3.63) is 35.1 Å². The van der Waals surface area contributed by atoms with Crippen LogP contribution in [0.1, 0.15) is 24.2 Å². The Balaban J connectivity index is 3.01. The normalized spacial score (nSPS) is 15.5. The summed E-state index contributed by atoms with van der Waals surface area (Å²) >= 11 is 0. The van der Waals surface area contributed by atoms with Crippen LogP contribution in [-0.4, -0.2) is 11.1 Å². The molecule has 3 heteroatoms. The molecule has 0 aromatic heterocycles. The maximum Gasteiger partial charge on any atom is 0.123 e. The van der Waals surface area contributed by atoms with Crippen molar-refractivity contribution in [1.29, 1.82) is 0 Å². The Labute approximate surface area is 77.2 Å². The van der Waals surface area contributed by atoms with Gasteiger partial charge < -0.3 is 10.8 Å². The van der Waals surface area contributed by atoms with Crippen molar-refractivity contribution in [3.8, 4) is 0 Å². The Morgan fingerprint density at radius 3 is 2.46 bits per heavy atom. The number of aryl methyl sites for hydroxylation is 1. The standard InChI is InChI=1S/C10H14FNO/c1-6-3-8(5-9(11)4-6)10(13)7(2)12/h3-5,7,10,13H,12H2,1-2H3. The molecule has 2 nitrogen and oxygen atoms in total. The molecular formula is C10H14FNO. The minimum atomic E-state index is -0.797. The molecule has 0 amide bonds. The summed E-state index contributed by atoms with van der Waals surface area (Å²) in [7, 11) is 0. The van der Waals surface area contributed by atoms with E-state index in [0.717, 1.165) is 5.56 Å². The second-order valence-electron chi connectivity index (χ2n) is 3.37. The Morgan fingerprint density at radius 2 is 2.00 bits per heavy atom. The molecule has 0 aliphatic carbocycles. The first-order valence-corrected chi connectivity index (χ1v) is 4.21. The summed E-state index contributed by atoms with van der Waals surface area (Å²) in [5, 5.41) is 9.56. The van der Waals surface area contributed by atoms with E-state index in [1.807, 2.05) is 0 Å². The van der Waals surface area contributed by atoms with Crippen molar-refractivity contribution < 1.29 is 9.50 Å². The van der Waals surface area contributed by atoms with Gasteiger partial charge >= 0.3 is 0 Å². The SMILES string of the molecule is Cc1cc(F)cc(C(O)C(C)N)c1. The predicted molar refractivity (Wildman–Crippen MR) is 49.7 cm³/mol. The van der Waals surface area contributed by atoms with Crippen LogP contribution in [0.3, 0.4) is 0 Å². The number of rotatable bonds is 2. The van der Waals surface area contributed by atoms with Gasteiger partial charge in [-0.3, -0.25) is 0 Å². The third kappa shape index (κ3) is 2.50. The molecule has 0 aliphatic heterocycles. The van der Waals surface area contributed by atoms with Gasteiger partial charge in [0.2, 0.25) is 0 Å². The van der Waals surface area contributed by atoms with Crippen molar-refractivity contribution in [3.63, 3.8) is 0 Å². The molecule has 0 spiro atoms. The van der Waals surface area contributed by atoms with E-state index in [-0.39, 0.29) is 11.9 Å². The van der Waals surface area contributed by atoms with Crippen LogP contribution < -0.4 is 5.73 Å². The van der Waals surface area contributed by atoms with Crippen LogP contribution in [-0.2, 0) is 0 Å². The Hall–Kier alpha value is -0.930. The van der Waals surface area contributed by atoms with Gasteiger partial charge in [-0.25, -0.2) is 4.39 Å². The topological polar surface area (TPSA) is 46.2 Å². The van der Waals surface area contributed by atoms with Crippen molar-refractivity contribution in [2.75, 3.05) is 0 Å². The molecule has 3 N–H and O–H groups in total. The van der Waals surface area contributed by atoms with E-state index in [1.165, 1.54) is 12.1 Å². The Kier molecular flexibility index (Phi) is 3.01. The molecule has 1 aromatic rings. The summed E-state index contributed by atoms with van der Waals surface area (Å²) in [4.78, 5) is 0. The average Bonchev–Trinajstić information content (AvgIpc) is 2.01. The van der Waals surface area contributed by atoms with E-state index in [1.54, 1.807) is 19.9 Å². The molecule has 0 bridgehead atoms. The summed E-state index contributed by atoms with van der Waals surface area (Å²) in [6.45, 7) is 3.46. The predicted octanol–water partition coefficient (Wildman–Crippen LogP) is 1.51. The minimum absolute atomic E-state index is 0.338. The van der Waals surface area contributed by atoms with Gasteiger partial charge in [0.15, 0.2) is 0 Å². The molecule has 0 fully saturated rings. The summed E-state index contributed by atoms with van der Waals surface area (Å²) in [6.07, 6.45) is -0.797. The molecule has 1 rings (SSSR count). The van der Waals surface area contributed by atoms with Crippen LogP contribution >= 0.6 is 0 Å². The minimum Gasteiger partial charge on any atom is -0.387 e. The first kappa shape index (κ1) is 10.2. The maximum atomic E-state index is 12.9. The largest absolute Gasteiger partial charge is 0.387 e. The third-order valence-electron chi connectivity index (χ3n) is 1.90. The zero-order chi connectivity index (χ0) is 10.0. The molecule has 2 atom stereocenters. The second-order valence-corrected chi connectivity index (χ2v) is 3.37. The lowest BCUT2D eigenvalue weighted by Crippen LogP contribution is -2.24. The number of nitrogens with two attached hydrogens (primary N) is 1. The summed E-state index contributed by atoms with van der Waals surface area (Å²) in [6, 6.07) is 4.07. The van der Waals surface area contributed by atoms with E-state index in [4.69, 9.17) is 5.73 Å². The van der Waals surface area contributed by atoms with E-state index in [2.05, 4.69) is 0 Å². The fourth-order valence-corrected chi connectivity index (χ4v) is 1.24. The molecule has 0 radical (unpaired) electrons. The average molecular weight is 183 g/mol. The fourth-order valence-electron chi connectivity index (χ4n) is 1.24. The molecule has 72 valence electrons. The van der Waals surface area contributed by atoms with Crippen LogP contribution in [0.4, 0.5) is 4.39 Å². The maximum absolute atomic E-state index is 12.9. The van der Waals surface area contributed by atoms with Gasteiger partial charge in [0.25, 0.3) is 0 Å². The quantitative estimate of drug-likeness (QED) is 0.730. The first-order valence-electron chi connectivity index (χ1n) is 4.21. The molecule has 0 heterocycles. The van der Waals surface area contributed by atoms with Crippen molar-refractivity contribution in [2.24, 2.45) is 5.73 Å². The van der Waals surface area contributed by atoms with Gasteiger partial charge in [-0.05, 0) is 37.1 Å². The summed E-state index contributed by atoms with van der Waals surface area (Å²) < 4.78 is 12.9. The van der Waals surface area contributed by atoms with E-state index in [0.29, 0.717) is 5.56 Å². The van der Waals surface area contributed by atoms with E-state index >= 15 is 0 Å². The number of hydrogen-bond donors (Lipinski definition) is 2. The molecule has 2 unspecified atom stereocenters. The third-order valence-corrected chi connectivity index (χ3v) is 1.90. The lowest BCUT2D eigenvalue weighted by atomic mass is 10.0. The number of aliphatic hydroxyl groups excluding tert-OH is 1. The van der Waals surface area contributed by atoms with Gasteiger partial charge in [-0.15, -0.1) is 0 Å². The Bertz CT molecular complexity index is 279. The van der Waals surface area contributed by atoms with Crippen molar-refractivity contribution >= 4 is 0 Å². The van der Waals surface area contributed by atoms with Gasteiger partial charge in [-0.1, -0.05) is 6.07 Å². The number of hydrogen-bond acceptors (Lipinski definition) is 2. The van der Waals surface area contributed by atoms with Crippen molar-refractivity contribution in [2.45, 2.75) is 26.0 Å². The fraction of sp³-hybridized carbons (Fsp3) is 0.400. The summed E-state index contributed by atoms with van der Waals surface area (Å²) in [5.41, 5.74) is 6.82. The summed E-state index contributed by atoms with van der Waals surface area (Å²) in [5.74, 6) is -0.338. The lowest BCUT2D eigenvalue weighted by Gasteiger charge is -2.15. The highest BCUT2D eigenvalue weighted by Gasteiger charge is 2.13. The highest BCUT2D eigenvalue weighted by atomic mass is 19.1. The van der Waals surface area contributed by atoms with Crippen LogP contribution in [0.15, 0.2) is 18.2 Å².